The van der Waals surface area contributed by atoms with Crippen molar-refractivity contribution in [2.75, 3.05) is 0 Å². The molecule has 0 aromatic carbocycles. The molecule has 0 aliphatic heterocycles. The fourth-order valence-corrected chi connectivity index (χ4v) is 3.18. The van der Waals surface area contributed by atoms with E-state index in [4.69, 9.17) is 0 Å². The number of rotatable bonds is 5. The molecule has 0 N–H and O–H groups in total. The van der Waals surface area contributed by atoms with Gasteiger partial charge in [-0.2, -0.15) is 0 Å². The lowest BCUT2D eigenvalue weighted by molar-refractivity contribution is -0.124. The zero-order valence-corrected chi connectivity index (χ0v) is 12.4. The number of aryl methyl sites for hydroxylation is 2. The second-order valence-electron chi connectivity index (χ2n) is 6.28. The zero-order valence-electron chi connectivity index (χ0n) is 12.4. The number of carbonyl (C=O) groups is 1. The highest BCUT2D eigenvalue weighted by molar-refractivity contribution is 5.81. The number of aromatic nitrogens is 2. The molecule has 1 aromatic rings. The minimum absolute atomic E-state index is 0.315. The molecular formula is C16H26N2O. The smallest absolute Gasteiger partial charge is 0.136 e. The summed E-state index contributed by atoms with van der Waals surface area (Å²) in [6, 6.07) is 0. The number of hydrogen-bond acceptors (Lipinski definition) is 2. The third-order valence-electron chi connectivity index (χ3n) is 4.69. The molecule has 0 radical (unpaired) electrons. The quantitative estimate of drug-likeness (QED) is 0.815. The average Bonchev–Trinajstić information content (AvgIpc) is 2.81. The molecule has 2 rings (SSSR count). The number of nitrogens with zero attached hydrogens (tertiary/aromatic N) is 2. The molecule has 3 nitrogen and oxygen atoms in total. The molecular weight excluding hydrogens is 236 g/mol. The first-order chi connectivity index (χ1) is 9.08. The van der Waals surface area contributed by atoms with Crippen molar-refractivity contribution in [1.29, 1.82) is 0 Å². The SMILES string of the molecule is CC(C)C1CCC(C(=O)CCc2nccn2C)CC1. The number of imidazole rings is 1. The van der Waals surface area contributed by atoms with E-state index in [2.05, 4.69) is 18.8 Å². The summed E-state index contributed by atoms with van der Waals surface area (Å²) in [7, 11) is 1.99. The van der Waals surface area contributed by atoms with E-state index in [1.165, 1.54) is 12.8 Å². The van der Waals surface area contributed by atoms with Gasteiger partial charge in [0.05, 0.1) is 0 Å². The van der Waals surface area contributed by atoms with Crippen LogP contribution in [0.2, 0.25) is 0 Å². The summed E-state index contributed by atoms with van der Waals surface area (Å²) in [5.74, 6) is 3.38. The Morgan fingerprint density at radius 2 is 2.05 bits per heavy atom. The molecule has 0 saturated heterocycles. The summed E-state index contributed by atoms with van der Waals surface area (Å²) in [5.41, 5.74) is 0. The van der Waals surface area contributed by atoms with Gasteiger partial charge in [0.2, 0.25) is 0 Å². The average molecular weight is 262 g/mol. The molecule has 0 bridgehead atoms. The van der Waals surface area contributed by atoms with Crippen LogP contribution >= 0.6 is 0 Å². The van der Waals surface area contributed by atoms with E-state index in [0.717, 1.165) is 36.9 Å². The Bertz CT molecular complexity index is 414. The van der Waals surface area contributed by atoms with Crippen LogP contribution in [0, 0.1) is 17.8 Å². The molecule has 3 heteroatoms. The topological polar surface area (TPSA) is 34.9 Å². The molecule has 1 aliphatic carbocycles. The Morgan fingerprint density at radius 1 is 1.37 bits per heavy atom. The third-order valence-corrected chi connectivity index (χ3v) is 4.69. The summed E-state index contributed by atoms with van der Waals surface area (Å²) in [4.78, 5) is 16.5. The lowest BCUT2D eigenvalue weighted by Crippen LogP contribution is -2.24. The molecule has 1 aliphatic rings. The number of hydrogen-bond donors (Lipinski definition) is 0. The summed E-state index contributed by atoms with van der Waals surface area (Å²) in [5, 5.41) is 0. The van der Waals surface area contributed by atoms with Gasteiger partial charge >= 0.3 is 0 Å². The number of carbonyl (C=O) groups excluding carboxylic acids is 1. The van der Waals surface area contributed by atoms with Crippen LogP contribution in [-0.2, 0) is 18.3 Å². The molecule has 1 aromatic heterocycles. The predicted molar refractivity (Wildman–Crippen MR) is 76.8 cm³/mol. The largest absolute Gasteiger partial charge is 0.338 e. The molecule has 106 valence electrons. The van der Waals surface area contributed by atoms with E-state index in [0.29, 0.717) is 18.1 Å². The molecule has 1 saturated carbocycles. The Morgan fingerprint density at radius 3 is 2.58 bits per heavy atom. The van der Waals surface area contributed by atoms with Gasteiger partial charge in [0, 0.05) is 38.2 Å². The minimum atomic E-state index is 0.315. The van der Waals surface area contributed by atoms with Gasteiger partial charge in [-0.25, -0.2) is 4.98 Å². The Hall–Kier alpha value is -1.12. The van der Waals surface area contributed by atoms with Crippen LogP contribution in [0.5, 0.6) is 0 Å². The summed E-state index contributed by atoms with van der Waals surface area (Å²) in [6.45, 7) is 4.60. The van der Waals surface area contributed by atoms with Gasteiger partial charge in [-0.1, -0.05) is 13.8 Å². The van der Waals surface area contributed by atoms with Gasteiger partial charge in [-0.05, 0) is 37.5 Å². The molecule has 19 heavy (non-hydrogen) atoms. The number of ketones is 1. The molecule has 0 spiro atoms. The summed E-state index contributed by atoms with van der Waals surface area (Å²) < 4.78 is 2.00. The Kier molecular flexibility index (Phi) is 4.78. The molecule has 1 heterocycles. The van der Waals surface area contributed by atoms with E-state index in [-0.39, 0.29) is 0 Å². The lowest BCUT2D eigenvalue weighted by atomic mass is 9.75. The van der Waals surface area contributed by atoms with Gasteiger partial charge < -0.3 is 4.57 Å². The van der Waals surface area contributed by atoms with E-state index in [9.17, 15) is 4.79 Å². The standard InChI is InChI=1S/C16H26N2O/c1-12(2)13-4-6-14(7-5-13)15(19)8-9-16-17-10-11-18(16)3/h10-14H,4-9H2,1-3H3. The van der Waals surface area contributed by atoms with E-state index < -0.39 is 0 Å². The van der Waals surface area contributed by atoms with Gasteiger partial charge in [-0.3, -0.25) is 4.79 Å². The van der Waals surface area contributed by atoms with Crippen LogP contribution in [0.25, 0.3) is 0 Å². The van der Waals surface area contributed by atoms with E-state index in [1.54, 1.807) is 6.20 Å². The number of Topliss-reactive ketones (excluding diaryl/α,β-unsaturated/α-hetero) is 1. The highest BCUT2D eigenvalue weighted by atomic mass is 16.1. The van der Waals surface area contributed by atoms with Crippen LogP contribution in [0.3, 0.4) is 0 Å². The second kappa shape index (κ2) is 6.36. The van der Waals surface area contributed by atoms with Crippen molar-refractivity contribution in [1.82, 2.24) is 9.55 Å². The predicted octanol–water partition coefficient (Wildman–Crippen LogP) is 3.38. The Balaban J connectivity index is 1.77. The second-order valence-corrected chi connectivity index (χ2v) is 6.28. The van der Waals surface area contributed by atoms with Crippen LogP contribution in [-0.4, -0.2) is 15.3 Å². The maximum absolute atomic E-state index is 12.2. The first-order valence-electron chi connectivity index (χ1n) is 7.57. The molecule has 0 unspecified atom stereocenters. The first-order valence-corrected chi connectivity index (χ1v) is 7.57. The fourth-order valence-electron chi connectivity index (χ4n) is 3.18. The summed E-state index contributed by atoms with van der Waals surface area (Å²) >= 11 is 0. The van der Waals surface area contributed by atoms with Gasteiger partial charge in [0.25, 0.3) is 0 Å². The third kappa shape index (κ3) is 3.68. The van der Waals surface area contributed by atoms with Gasteiger partial charge in [0.1, 0.15) is 11.6 Å². The first kappa shape index (κ1) is 14.3. The zero-order chi connectivity index (χ0) is 13.8. The van der Waals surface area contributed by atoms with Crippen molar-refractivity contribution in [2.45, 2.75) is 52.4 Å². The molecule has 0 atom stereocenters. The van der Waals surface area contributed by atoms with Crippen molar-refractivity contribution in [3.05, 3.63) is 18.2 Å². The van der Waals surface area contributed by atoms with Crippen LogP contribution in [0.15, 0.2) is 12.4 Å². The fraction of sp³-hybridized carbons (Fsp3) is 0.750. The minimum Gasteiger partial charge on any atom is -0.338 e. The van der Waals surface area contributed by atoms with Crippen LogP contribution in [0.4, 0.5) is 0 Å². The molecule has 1 fully saturated rings. The van der Waals surface area contributed by atoms with Crippen LogP contribution in [0.1, 0.15) is 51.8 Å². The van der Waals surface area contributed by atoms with Crippen molar-refractivity contribution in [3.8, 4) is 0 Å². The monoisotopic (exact) mass is 262 g/mol. The van der Waals surface area contributed by atoms with Crippen molar-refractivity contribution < 1.29 is 4.79 Å². The van der Waals surface area contributed by atoms with Crippen molar-refractivity contribution >= 4 is 5.78 Å². The maximum atomic E-state index is 12.2. The van der Waals surface area contributed by atoms with Gasteiger partial charge in [-0.15, -0.1) is 0 Å². The molecule has 0 amide bonds. The van der Waals surface area contributed by atoms with Crippen molar-refractivity contribution in [3.63, 3.8) is 0 Å². The highest BCUT2D eigenvalue weighted by Gasteiger charge is 2.27. The van der Waals surface area contributed by atoms with E-state index >= 15 is 0 Å². The van der Waals surface area contributed by atoms with Crippen molar-refractivity contribution in [2.24, 2.45) is 24.8 Å². The van der Waals surface area contributed by atoms with Crippen LogP contribution < -0.4 is 0 Å². The van der Waals surface area contributed by atoms with Gasteiger partial charge in [0.15, 0.2) is 0 Å². The normalized spacial score (nSPS) is 23.8. The maximum Gasteiger partial charge on any atom is 0.136 e. The highest BCUT2D eigenvalue weighted by Crippen LogP contribution is 2.34. The Labute approximate surface area is 116 Å². The lowest BCUT2D eigenvalue weighted by Gasteiger charge is -2.30. The summed E-state index contributed by atoms with van der Waals surface area (Å²) in [6.07, 6.45) is 9.84. The van der Waals surface area contributed by atoms with E-state index in [1.807, 2.05) is 17.8 Å².